The van der Waals surface area contributed by atoms with Gasteiger partial charge in [0.1, 0.15) is 12.4 Å². The van der Waals surface area contributed by atoms with Crippen molar-refractivity contribution >= 4 is 11.3 Å². The van der Waals surface area contributed by atoms with Gasteiger partial charge in [0.15, 0.2) is 0 Å². The van der Waals surface area contributed by atoms with E-state index in [0.717, 1.165) is 28.5 Å². The highest BCUT2D eigenvalue weighted by atomic mass is 16.5. The molecule has 1 aromatic carbocycles. The fraction of sp³-hybridized carbons (Fsp3) is 0.333. The maximum Gasteiger partial charge on any atom is 0.130 e. The van der Waals surface area contributed by atoms with Gasteiger partial charge in [-0.1, -0.05) is 57.2 Å². The fourth-order valence-electron chi connectivity index (χ4n) is 3.95. The van der Waals surface area contributed by atoms with Gasteiger partial charge in [0.2, 0.25) is 0 Å². The lowest BCUT2D eigenvalue weighted by Crippen LogP contribution is -2.10. The summed E-state index contributed by atoms with van der Waals surface area (Å²) in [5.74, 6) is 2.44. The Hall–Kier alpha value is -2.94. The third kappa shape index (κ3) is 6.03. The second-order valence-electron chi connectivity index (χ2n) is 8.15. The molecular weight excluding hydrogens is 368 g/mol. The molecule has 3 heteroatoms. The van der Waals surface area contributed by atoms with Crippen molar-refractivity contribution in [1.82, 2.24) is 4.98 Å². The number of hydrogen-bond donors (Lipinski definition) is 1. The molecule has 1 aromatic heterocycles. The van der Waals surface area contributed by atoms with Crippen LogP contribution in [0.25, 0.3) is 5.57 Å². The van der Waals surface area contributed by atoms with Crippen LogP contribution in [0.4, 0.5) is 0 Å². The van der Waals surface area contributed by atoms with Crippen molar-refractivity contribution in [2.45, 2.75) is 51.6 Å². The Balaban J connectivity index is 1.60. The maximum atomic E-state index is 7.73. The van der Waals surface area contributed by atoms with Crippen molar-refractivity contribution in [3.05, 3.63) is 90.8 Å². The van der Waals surface area contributed by atoms with Gasteiger partial charge in [0.25, 0.3) is 0 Å². The molecule has 0 spiro atoms. The van der Waals surface area contributed by atoms with Gasteiger partial charge in [-0.3, -0.25) is 4.98 Å². The second kappa shape index (κ2) is 10.7. The molecule has 0 unspecified atom stereocenters. The molecule has 2 aromatic rings. The van der Waals surface area contributed by atoms with Gasteiger partial charge in [-0.25, -0.2) is 0 Å². The van der Waals surface area contributed by atoms with Crippen LogP contribution in [0.15, 0.2) is 74.0 Å². The van der Waals surface area contributed by atoms with Gasteiger partial charge in [-0.05, 0) is 71.7 Å². The average molecular weight is 401 g/mol. The highest BCUT2D eigenvalue weighted by Gasteiger charge is 2.19. The smallest absolute Gasteiger partial charge is 0.130 e. The van der Waals surface area contributed by atoms with Gasteiger partial charge in [0, 0.05) is 18.3 Å². The van der Waals surface area contributed by atoms with Crippen LogP contribution in [-0.4, -0.2) is 10.7 Å². The van der Waals surface area contributed by atoms with Crippen molar-refractivity contribution in [1.29, 1.82) is 5.41 Å². The first-order chi connectivity index (χ1) is 14.6. The van der Waals surface area contributed by atoms with Crippen molar-refractivity contribution in [2.24, 2.45) is 5.92 Å². The highest BCUT2D eigenvalue weighted by molar-refractivity contribution is 5.94. The van der Waals surface area contributed by atoms with E-state index < -0.39 is 0 Å². The fourth-order valence-corrected chi connectivity index (χ4v) is 3.95. The van der Waals surface area contributed by atoms with Crippen LogP contribution in [0, 0.1) is 11.3 Å². The molecule has 3 rings (SSSR count). The minimum Gasteiger partial charge on any atom is -0.487 e. The number of nitrogens with one attached hydrogen (secondary N) is 1. The molecule has 1 saturated carbocycles. The van der Waals surface area contributed by atoms with Crippen molar-refractivity contribution < 1.29 is 4.74 Å². The Morgan fingerprint density at radius 2 is 1.83 bits per heavy atom. The van der Waals surface area contributed by atoms with E-state index in [9.17, 15) is 0 Å². The van der Waals surface area contributed by atoms with Gasteiger partial charge in [-0.15, -0.1) is 0 Å². The zero-order valence-corrected chi connectivity index (χ0v) is 17.9. The lowest BCUT2D eigenvalue weighted by Gasteiger charge is -2.26. The number of allylic oxidation sites excluding steroid dienone is 4. The summed E-state index contributed by atoms with van der Waals surface area (Å²) < 4.78 is 5.98. The largest absolute Gasteiger partial charge is 0.487 e. The molecule has 30 heavy (non-hydrogen) atoms. The van der Waals surface area contributed by atoms with E-state index in [1.54, 1.807) is 18.3 Å². The molecule has 0 amide bonds. The van der Waals surface area contributed by atoms with E-state index in [0.29, 0.717) is 24.7 Å². The summed E-state index contributed by atoms with van der Waals surface area (Å²) in [7, 11) is 0. The third-order valence-electron chi connectivity index (χ3n) is 5.91. The predicted molar refractivity (Wildman–Crippen MR) is 126 cm³/mol. The first-order valence-electron chi connectivity index (χ1n) is 10.8. The minimum atomic E-state index is 0.418. The quantitative estimate of drug-likeness (QED) is 0.360. The number of ether oxygens (including phenoxy) is 1. The SMILES string of the molecule is C=CC(=N)C/C=C(\C=C)c1ccnc(COc2ccc(C3CCC(C)CC3)cc2)c1. The third-order valence-corrected chi connectivity index (χ3v) is 5.91. The summed E-state index contributed by atoms with van der Waals surface area (Å²) in [6.07, 6.45) is 12.9. The molecule has 156 valence electrons. The Bertz CT molecular complexity index is 903. The van der Waals surface area contributed by atoms with Crippen molar-refractivity contribution in [2.75, 3.05) is 0 Å². The molecule has 0 bridgehead atoms. The van der Waals surface area contributed by atoms with Gasteiger partial charge in [-0.2, -0.15) is 0 Å². The molecule has 1 N–H and O–H groups in total. The number of benzene rings is 1. The Morgan fingerprint density at radius 1 is 1.10 bits per heavy atom. The summed E-state index contributed by atoms with van der Waals surface area (Å²) in [5, 5.41) is 7.73. The first kappa shape index (κ1) is 21.8. The topological polar surface area (TPSA) is 46.0 Å². The number of pyridine rings is 1. The monoisotopic (exact) mass is 400 g/mol. The van der Waals surface area contributed by atoms with Crippen LogP contribution in [0.5, 0.6) is 5.75 Å². The lowest BCUT2D eigenvalue weighted by atomic mass is 9.79. The minimum absolute atomic E-state index is 0.418. The summed E-state index contributed by atoms with van der Waals surface area (Å²) in [4.78, 5) is 4.44. The maximum absolute atomic E-state index is 7.73. The van der Waals surface area contributed by atoms with Gasteiger partial charge in [0.05, 0.1) is 5.69 Å². The van der Waals surface area contributed by atoms with Crippen molar-refractivity contribution in [3.8, 4) is 5.75 Å². The van der Waals surface area contributed by atoms with Crippen LogP contribution in [-0.2, 0) is 6.61 Å². The number of rotatable bonds is 9. The van der Waals surface area contributed by atoms with Crippen LogP contribution >= 0.6 is 0 Å². The molecule has 1 aliphatic rings. The van der Waals surface area contributed by atoms with Gasteiger partial charge >= 0.3 is 0 Å². The Labute approximate surface area is 180 Å². The van der Waals surface area contributed by atoms with Crippen LogP contribution in [0.1, 0.15) is 61.8 Å². The highest BCUT2D eigenvalue weighted by Crippen LogP contribution is 2.36. The summed E-state index contributed by atoms with van der Waals surface area (Å²) in [5.41, 5.74) is 4.79. The van der Waals surface area contributed by atoms with E-state index in [4.69, 9.17) is 10.1 Å². The lowest BCUT2D eigenvalue weighted by molar-refractivity contribution is 0.301. The van der Waals surface area contributed by atoms with Crippen LogP contribution < -0.4 is 4.74 Å². The molecule has 0 saturated heterocycles. The number of aromatic nitrogens is 1. The van der Waals surface area contributed by atoms with Crippen molar-refractivity contribution in [3.63, 3.8) is 0 Å². The van der Waals surface area contributed by atoms with Crippen LogP contribution in [0.2, 0.25) is 0 Å². The van der Waals surface area contributed by atoms with Gasteiger partial charge < -0.3 is 10.1 Å². The molecule has 0 atom stereocenters. The van der Waals surface area contributed by atoms with E-state index in [-0.39, 0.29) is 0 Å². The van der Waals surface area contributed by atoms with E-state index in [2.05, 4.69) is 49.3 Å². The molecular formula is C27H32N2O. The standard InChI is InChI=1S/C27H32N2O/c1-4-21(10-13-25(28)5-2)24-16-17-29-26(18-24)19-30-27-14-11-23(12-15-27)22-8-6-20(3)7-9-22/h4-5,10-12,14-18,20,22,28H,1-2,6-9,13,19H2,3H3/b21-10+,28-25?. The van der Waals surface area contributed by atoms with E-state index >= 15 is 0 Å². The molecule has 1 heterocycles. The zero-order chi connectivity index (χ0) is 21.3. The van der Waals surface area contributed by atoms with Crippen LogP contribution in [0.3, 0.4) is 0 Å². The molecule has 1 aliphatic carbocycles. The summed E-state index contributed by atoms with van der Waals surface area (Å²) in [6.45, 7) is 10.3. The summed E-state index contributed by atoms with van der Waals surface area (Å²) in [6, 6.07) is 12.6. The Morgan fingerprint density at radius 3 is 2.50 bits per heavy atom. The molecule has 3 nitrogen and oxygen atoms in total. The van der Waals surface area contributed by atoms with E-state index in [1.807, 2.05) is 18.2 Å². The average Bonchev–Trinajstić information content (AvgIpc) is 2.79. The second-order valence-corrected chi connectivity index (χ2v) is 8.15. The molecule has 0 aliphatic heterocycles. The number of nitrogens with zero attached hydrogens (tertiary/aromatic N) is 1. The van der Waals surface area contributed by atoms with E-state index in [1.165, 1.54) is 31.2 Å². The molecule has 0 radical (unpaired) electrons. The molecule has 1 fully saturated rings. The normalized spacial score (nSPS) is 19.2. The Kier molecular flexibility index (Phi) is 7.78. The first-order valence-corrected chi connectivity index (χ1v) is 10.8. The summed E-state index contributed by atoms with van der Waals surface area (Å²) >= 11 is 0. The predicted octanol–water partition coefficient (Wildman–Crippen LogP) is 7.12. The zero-order valence-electron chi connectivity index (χ0n) is 17.9. The number of hydrogen-bond acceptors (Lipinski definition) is 3.